The molecule has 4 rings (SSSR count). The van der Waals surface area contributed by atoms with Gasteiger partial charge in [-0.1, -0.05) is 17.7 Å². The van der Waals surface area contributed by atoms with Crippen molar-refractivity contribution in [2.75, 3.05) is 32.8 Å². The van der Waals surface area contributed by atoms with Gasteiger partial charge in [0, 0.05) is 18.1 Å². The number of ether oxygens (including phenoxy) is 2. The van der Waals surface area contributed by atoms with Crippen LogP contribution in [0.25, 0.3) is 0 Å². The summed E-state index contributed by atoms with van der Waals surface area (Å²) in [4.78, 5) is 27.7. The van der Waals surface area contributed by atoms with E-state index in [9.17, 15) is 14.0 Å². The van der Waals surface area contributed by atoms with Crippen molar-refractivity contribution in [3.63, 3.8) is 0 Å². The Morgan fingerprint density at radius 1 is 1.36 bits per heavy atom. The number of piperidine rings is 1. The lowest BCUT2D eigenvalue weighted by molar-refractivity contribution is -0.140. The summed E-state index contributed by atoms with van der Waals surface area (Å²) >= 11 is 6.08. The van der Waals surface area contributed by atoms with Crippen molar-refractivity contribution in [1.82, 2.24) is 15.1 Å². The van der Waals surface area contributed by atoms with Crippen molar-refractivity contribution >= 4 is 23.5 Å². The van der Waals surface area contributed by atoms with Gasteiger partial charge >= 0.3 is 6.03 Å². The molecule has 3 fully saturated rings. The number of urea groups is 1. The Bertz CT molecular complexity index is 774. The fourth-order valence-corrected chi connectivity index (χ4v) is 4.27. The minimum absolute atomic E-state index is 0.0180. The number of hydrogen-bond donors (Lipinski definition) is 1. The van der Waals surface area contributed by atoms with E-state index in [0.717, 1.165) is 5.56 Å². The molecule has 3 atom stereocenters. The Balaban J connectivity index is 1.26. The Labute approximate surface area is 167 Å². The quantitative estimate of drug-likeness (QED) is 0.825. The lowest BCUT2D eigenvalue weighted by Gasteiger charge is -2.46. The monoisotopic (exact) mass is 411 g/mol. The molecule has 0 aliphatic carbocycles. The van der Waals surface area contributed by atoms with E-state index in [-0.39, 0.29) is 48.7 Å². The number of amides is 3. The largest absolute Gasteiger partial charge is 0.367 e. The molecule has 3 amide bonds. The first kappa shape index (κ1) is 19.4. The van der Waals surface area contributed by atoms with Crippen molar-refractivity contribution in [1.29, 1.82) is 0 Å². The molecule has 3 saturated heterocycles. The summed E-state index contributed by atoms with van der Waals surface area (Å²) in [6, 6.07) is 4.05. The van der Waals surface area contributed by atoms with E-state index in [0.29, 0.717) is 37.6 Å². The Kier molecular flexibility index (Phi) is 5.44. The number of fused-ring (bicyclic) bond motifs is 1. The van der Waals surface area contributed by atoms with Crippen LogP contribution in [0.5, 0.6) is 0 Å². The van der Waals surface area contributed by atoms with Crippen LogP contribution in [0.15, 0.2) is 18.2 Å². The van der Waals surface area contributed by atoms with Gasteiger partial charge in [-0.3, -0.25) is 4.79 Å². The van der Waals surface area contributed by atoms with E-state index >= 15 is 0 Å². The fourth-order valence-electron chi connectivity index (χ4n) is 3.95. The van der Waals surface area contributed by atoms with Crippen LogP contribution in [-0.2, 0) is 14.3 Å². The van der Waals surface area contributed by atoms with Crippen LogP contribution < -0.4 is 5.32 Å². The fraction of sp³-hybridized carbons (Fsp3) is 0.579. The van der Waals surface area contributed by atoms with Crippen molar-refractivity contribution in [3.05, 3.63) is 34.6 Å². The van der Waals surface area contributed by atoms with Gasteiger partial charge in [-0.25, -0.2) is 9.18 Å². The highest BCUT2D eigenvalue weighted by Gasteiger charge is 2.40. The number of hydrogen-bond acceptors (Lipinski definition) is 4. The third-order valence-corrected chi connectivity index (χ3v) is 5.84. The van der Waals surface area contributed by atoms with Gasteiger partial charge in [-0.2, -0.15) is 0 Å². The maximum atomic E-state index is 13.2. The SMILES string of the molecule is CC(OC1CN(C(=O)N2CCC3OCC(=O)N[C@@H]3C2)C1)c1ccc(F)cc1Cl. The third kappa shape index (κ3) is 3.94. The molecule has 0 saturated carbocycles. The minimum atomic E-state index is -0.385. The summed E-state index contributed by atoms with van der Waals surface area (Å²) in [5.41, 5.74) is 0.725. The number of rotatable bonds is 3. The van der Waals surface area contributed by atoms with Crippen LogP contribution in [0.2, 0.25) is 5.02 Å². The highest BCUT2D eigenvalue weighted by atomic mass is 35.5. The normalized spacial score (nSPS) is 26.3. The van der Waals surface area contributed by atoms with E-state index in [4.69, 9.17) is 21.1 Å². The summed E-state index contributed by atoms with van der Waals surface area (Å²) in [6.45, 7) is 4.01. The van der Waals surface area contributed by atoms with Gasteiger partial charge < -0.3 is 24.6 Å². The molecule has 3 aliphatic heterocycles. The predicted octanol–water partition coefficient (Wildman–Crippen LogP) is 1.95. The summed E-state index contributed by atoms with van der Waals surface area (Å²) < 4.78 is 24.7. The van der Waals surface area contributed by atoms with Crippen LogP contribution in [0.4, 0.5) is 9.18 Å². The molecule has 3 heterocycles. The smallest absolute Gasteiger partial charge is 0.320 e. The molecule has 0 spiro atoms. The zero-order chi connectivity index (χ0) is 19.8. The number of likely N-dealkylation sites (tertiary alicyclic amines) is 2. The van der Waals surface area contributed by atoms with Gasteiger partial charge in [-0.05, 0) is 31.0 Å². The molecule has 0 aromatic heterocycles. The molecule has 1 N–H and O–H groups in total. The molecule has 9 heteroatoms. The Morgan fingerprint density at radius 3 is 2.89 bits per heavy atom. The topological polar surface area (TPSA) is 71.1 Å². The average molecular weight is 412 g/mol. The number of halogens is 2. The van der Waals surface area contributed by atoms with Gasteiger partial charge in [0.2, 0.25) is 5.91 Å². The van der Waals surface area contributed by atoms with Gasteiger partial charge in [0.05, 0.1) is 37.4 Å². The van der Waals surface area contributed by atoms with Gasteiger partial charge in [0.1, 0.15) is 12.4 Å². The maximum absolute atomic E-state index is 13.2. The van der Waals surface area contributed by atoms with E-state index in [1.54, 1.807) is 15.9 Å². The lowest BCUT2D eigenvalue weighted by Crippen LogP contribution is -2.65. The standard InChI is InChI=1S/C19H23ClFN3O4/c1-11(14-3-2-12(21)6-15(14)20)28-13-7-24(8-13)19(26)23-5-4-17-16(9-23)22-18(25)10-27-17/h2-3,6,11,13,16-17H,4-5,7-10H2,1H3,(H,22,25)/t11?,16-,17?/m1/s1. The molecule has 0 radical (unpaired) electrons. The van der Waals surface area contributed by atoms with Crippen molar-refractivity contribution < 1.29 is 23.5 Å². The van der Waals surface area contributed by atoms with Crippen LogP contribution in [0, 0.1) is 5.82 Å². The van der Waals surface area contributed by atoms with Crippen LogP contribution in [-0.4, -0.2) is 72.8 Å². The Hall–Kier alpha value is -1.90. The molecular weight excluding hydrogens is 389 g/mol. The lowest BCUT2D eigenvalue weighted by atomic mass is 10.0. The highest BCUT2D eigenvalue weighted by molar-refractivity contribution is 6.31. The summed E-state index contributed by atoms with van der Waals surface area (Å²) in [7, 11) is 0. The predicted molar refractivity (Wildman–Crippen MR) is 99.5 cm³/mol. The van der Waals surface area contributed by atoms with E-state index < -0.39 is 0 Å². The summed E-state index contributed by atoms with van der Waals surface area (Å²) in [5.74, 6) is -0.522. The van der Waals surface area contributed by atoms with E-state index in [2.05, 4.69) is 5.32 Å². The second kappa shape index (κ2) is 7.85. The molecule has 152 valence electrons. The first-order valence-corrected chi connectivity index (χ1v) is 9.83. The first-order valence-electron chi connectivity index (χ1n) is 9.46. The van der Waals surface area contributed by atoms with Crippen LogP contribution in [0.3, 0.4) is 0 Å². The van der Waals surface area contributed by atoms with E-state index in [1.165, 1.54) is 12.1 Å². The summed E-state index contributed by atoms with van der Waals surface area (Å²) in [6.07, 6.45) is 0.316. The van der Waals surface area contributed by atoms with Gasteiger partial charge in [-0.15, -0.1) is 0 Å². The number of carbonyl (C=O) groups excluding carboxylic acids is 2. The molecule has 3 aliphatic rings. The highest BCUT2D eigenvalue weighted by Crippen LogP contribution is 2.29. The molecule has 2 unspecified atom stereocenters. The minimum Gasteiger partial charge on any atom is -0.367 e. The van der Waals surface area contributed by atoms with Gasteiger partial charge in [0.25, 0.3) is 0 Å². The maximum Gasteiger partial charge on any atom is 0.320 e. The van der Waals surface area contributed by atoms with Crippen molar-refractivity contribution in [2.24, 2.45) is 0 Å². The van der Waals surface area contributed by atoms with Crippen molar-refractivity contribution in [2.45, 2.75) is 37.7 Å². The Morgan fingerprint density at radius 2 is 2.14 bits per heavy atom. The molecule has 0 bridgehead atoms. The van der Waals surface area contributed by atoms with Crippen molar-refractivity contribution in [3.8, 4) is 0 Å². The molecular formula is C19H23ClFN3O4. The average Bonchev–Trinajstić information content (AvgIpc) is 2.63. The number of morpholine rings is 1. The summed E-state index contributed by atoms with van der Waals surface area (Å²) in [5, 5.41) is 3.23. The number of carbonyl (C=O) groups is 2. The molecule has 7 nitrogen and oxygen atoms in total. The molecule has 1 aromatic rings. The van der Waals surface area contributed by atoms with Crippen LogP contribution >= 0.6 is 11.6 Å². The third-order valence-electron chi connectivity index (χ3n) is 5.51. The zero-order valence-corrected chi connectivity index (χ0v) is 16.3. The zero-order valence-electron chi connectivity index (χ0n) is 15.6. The van der Waals surface area contributed by atoms with Crippen LogP contribution in [0.1, 0.15) is 25.0 Å². The second-order valence-corrected chi connectivity index (χ2v) is 7.92. The molecule has 1 aromatic carbocycles. The second-order valence-electron chi connectivity index (χ2n) is 7.51. The number of nitrogens with zero attached hydrogens (tertiary/aromatic N) is 2. The first-order chi connectivity index (χ1) is 13.4. The molecule has 28 heavy (non-hydrogen) atoms. The van der Waals surface area contributed by atoms with E-state index in [1.807, 2.05) is 6.92 Å². The number of nitrogens with one attached hydrogen (secondary N) is 1. The number of benzene rings is 1. The van der Waals surface area contributed by atoms with Gasteiger partial charge in [0.15, 0.2) is 0 Å².